The van der Waals surface area contributed by atoms with Gasteiger partial charge < -0.3 is 14.2 Å². The van der Waals surface area contributed by atoms with Crippen LogP contribution in [-0.4, -0.2) is 32.2 Å². The fourth-order valence-electron chi connectivity index (χ4n) is 0.887. The van der Waals surface area contributed by atoms with E-state index in [1.165, 1.54) is 0 Å². The van der Waals surface area contributed by atoms with Crippen LogP contribution in [-0.2, 0) is 14.2 Å². The lowest BCUT2D eigenvalue weighted by Crippen LogP contribution is -2.17. The summed E-state index contributed by atoms with van der Waals surface area (Å²) >= 11 is 5.48. The van der Waals surface area contributed by atoms with Crippen LogP contribution in [0.4, 0.5) is 0 Å². The zero-order valence-electron chi connectivity index (χ0n) is 7.03. The Bertz CT molecular complexity index is 149. The Balaban J connectivity index is 2.08. The largest absolute Gasteiger partial charge is 0.352 e. The first-order valence-electron chi connectivity index (χ1n) is 3.91. The summed E-state index contributed by atoms with van der Waals surface area (Å²) in [5, 5.41) is 0. The van der Waals surface area contributed by atoms with E-state index in [-0.39, 0.29) is 12.6 Å². The number of methoxy groups -OCH3 is 1. The van der Waals surface area contributed by atoms with Crippen molar-refractivity contribution in [3.05, 3.63) is 12.2 Å². The maximum Gasteiger partial charge on any atom is 0.180 e. The summed E-state index contributed by atoms with van der Waals surface area (Å²) in [5.74, 6) is 0.615. The van der Waals surface area contributed by atoms with E-state index in [1.807, 2.05) is 12.2 Å². The zero-order chi connectivity index (χ0) is 8.81. The van der Waals surface area contributed by atoms with Crippen molar-refractivity contribution in [1.82, 2.24) is 0 Å². The molecule has 0 saturated heterocycles. The number of alkyl halides is 1. The van der Waals surface area contributed by atoms with Gasteiger partial charge in [-0.3, -0.25) is 0 Å². The van der Waals surface area contributed by atoms with Crippen LogP contribution in [0.5, 0.6) is 0 Å². The van der Waals surface area contributed by atoms with E-state index in [1.54, 1.807) is 7.11 Å². The summed E-state index contributed by atoms with van der Waals surface area (Å²) < 4.78 is 15.5. The molecule has 1 aliphatic heterocycles. The van der Waals surface area contributed by atoms with Gasteiger partial charge >= 0.3 is 0 Å². The van der Waals surface area contributed by atoms with Crippen molar-refractivity contribution >= 4 is 11.6 Å². The molecule has 12 heavy (non-hydrogen) atoms. The first-order valence-corrected chi connectivity index (χ1v) is 4.44. The van der Waals surface area contributed by atoms with E-state index in [2.05, 4.69) is 0 Å². The molecule has 3 nitrogen and oxygen atoms in total. The Morgan fingerprint density at radius 3 is 2.75 bits per heavy atom. The predicted molar refractivity (Wildman–Crippen MR) is 46.1 cm³/mol. The molecule has 0 fully saturated rings. The fraction of sp³-hybridized carbons (Fsp3) is 0.750. The van der Waals surface area contributed by atoms with E-state index in [0.29, 0.717) is 12.5 Å². The number of rotatable bonds is 5. The molecule has 0 amide bonds. The van der Waals surface area contributed by atoms with Crippen LogP contribution >= 0.6 is 11.6 Å². The quantitative estimate of drug-likeness (QED) is 0.376. The summed E-state index contributed by atoms with van der Waals surface area (Å²) in [6.07, 6.45) is 3.98. The highest BCUT2D eigenvalue weighted by molar-refractivity contribution is 6.17. The first-order chi connectivity index (χ1) is 5.86. The second-order valence-electron chi connectivity index (χ2n) is 2.41. The summed E-state index contributed by atoms with van der Waals surface area (Å²) in [6.45, 7) is 0.620. The van der Waals surface area contributed by atoms with Crippen LogP contribution < -0.4 is 0 Å². The van der Waals surface area contributed by atoms with Crippen LogP contribution in [0.1, 0.15) is 6.42 Å². The molecule has 1 heterocycles. The van der Waals surface area contributed by atoms with Crippen molar-refractivity contribution in [2.45, 2.75) is 19.0 Å². The topological polar surface area (TPSA) is 27.7 Å². The molecule has 1 aliphatic rings. The van der Waals surface area contributed by atoms with Gasteiger partial charge in [0.1, 0.15) is 0 Å². The fourth-order valence-corrected chi connectivity index (χ4v) is 0.996. The van der Waals surface area contributed by atoms with Crippen LogP contribution in [0, 0.1) is 0 Å². The molecule has 0 radical (unpaired) electrons. The van der Waals surface area contributed by atoms with Gasteiger partial charge in [0.2, 0.25) is 0 Å². The van der Waals surface area contributed by atoms with Crippen LogP contribution in [0.25, 0.3) is 0 Å². The Kier molecular flexibility index (Phi) is 4.61. The minimum Gasteiger partial charge on any atom is -0.352 e. The van der Waals surface area contributed by atoms with Crippen LogP contribution in [0.2, 0.25) is 0 Å². The molecular weight excluding hydrogens is 180 g/mol. The zero-order valence-corrected chi connectivity index (χ0v) is 7.79. The molecule has 0 bridgehead atoms. The lowest BCUT2D eigenvalue weighted by Gasteiger charge is -2.12. The molecule has 0 aromatic heterocycles. The molecule has 1 rings (SSSR count). The third-order valence-electron chi connectivity index (χ3n) is 1.49. The Hall–Kier alpha value is -0.0900. The number of halogens is 1. The van der Waals surface area contributed by atoms with Crippen molar-refractivity contribution in [1.29, 1.82) is 0 Å². The molecule has 70 valence electrons. The van der Waals surface area contributed by atoms with E-state index in [4.69, 9.17) is 25.8 Å². The molecule has 2 atom stereocenters. The molecule has 2 unspecified atom stereocenters. The molecule has 0 N–H and O–H groups in total. The summed E-state index contributed by atoms with van der Waals surface area (Å²) in [5.41, 5.74) is 0. The summed E-state index contributed by atoms with van der Waals surface area (Å²) in [6, 6.07) is 0. The lowest BCUT2D eigenvalue weighted by molar-refractivity contribution is -0.183. The molecule has 0 aromatic carbocycles. The van der Waals surface area contributed by atoms with Crippen molar-refractivity contribution in [3.8, 4) is 0 Å². The SMILES string of the molecule is COC1C=CC(OCCCCl)O1. The van der Waals surface area contributed by atoms with Gasteiger partial charge in [-0.1, -0.05) is 0 Å². The van der Waals surface area contributed by atoms with Gasteiger partial charge in [-0.2, -0.15) is 0 Å². The highest BCUT2D eigenvalue weighted by atomic mass is 35.5. The first kappa shape index (κ1) is 9.99. The van der Waals surface area contributed by atoms with Gasteiger partial charge in [0, 0.05) is 13.0 Å². The monoisotopic (exact) mass is 192 g/mol. The molecular formula is C8H13ClO3. The smallest absolute Gasteiger partial charge is 0.180 e. The molecule has 4 heteroatoms. The lowest BCUT2D eigenvalue weighted by atomic mass is 10.5. The van der Waals surface area contributed by atoms with Gasteiger partial charge in [0.05, 0.1) is 6.61 Å². The van der Waals surface area contributed by atoms with E-state index in [9.17, 15) is 0 Å². The maximum atomic E-state index is 5.48. The van der Waals surface area contributed by atoms with Crippen molar-refractivity contribution in [2.75, 3.05) is 19.6 Å². The average molecular weight is 193 g/mol. The number of hydrogen-bond donors (Lipinski definition) is 0. The second kappa shape index (κ2) is 5.54. The van der Waals surface area contributed by atoms with Gasteiger partial charge in [0.25, 0.3) is 0 Å². The highest BCUT2D eigenvalue weighted by Crippen LogP contribution is 2.12. The molecule has 0 aliphatic carbocycles. The van der Waals surface area contributed by atoms with Crippen molar-refractivity contribution in [3.63, 3.8) is 0 Å². The van der Waals surface area contributed by atoms with Crippen molar-refractivity contribution < 1.29 is 14.2 Å². The Morgan fingerprint density at radius 2 is 2.17 bits per heavy atom. The molecule has 0 saturated carbocycles. The van der Waals surface area contributed by atoms with Crippen LogP contribution in [0.15, 0.2) is 12.2 Å². The van der Waals surface area contributed by atoms with E-state index in [0.717, 1.165) is 6.42 Å². The maximum absolute atomic E-state index is 5.48. The van der Waals surface area contributed by atoms with Crippen LogP contribution in [0.3, 0.4) is 0 Å². The summed E-state index contributed by atoms with van der Waals surface area (Å²) in [4.78, 5) is 0. The second-order valence-corrected chi connectivity index (χ2v) is 2.78. The normalized spacial score (nSPS) is 28.2. The van der Waals surface area contributed by atoms with E-state index >= 15 is 0 Å². The third kappa shape index (κ3) is 3.11. The Labute approximate surface area is 77.2 Å². The number of ether oxygens (including phenoxy) is 3. The van der Waals surface area contributed by atoms with Gasteiger partial charge in [-0.15, -0.1) is 11.6 Å². The Morgan fingerprint density at radius 1 is 1.42 bits per heavy atom. The minimum atomic E-state index is -0.266. The van der Waals surface area contributed by atoms with Crippen molar-refractivity contribution in [2.24, 2.45) is 0 Å². The number of hydrogen-bond acceptors (Lipinski definition) is 3. The highest BCUT2D eigenvalue weighted by Gasteiger charge is 2.18. The standard InChI is InChI=1S/C8H13ClO3/c1-10-7-3-4-8(12-7)11-6-2-5-9/h3-4,7-8H,2,5-6H2,1H3. The van der Waals surface area contributed by atoms with Gasteiger partial charge in [-0.05, 0) is 18.6 Å². The van der Waals surface area contributed by atoms with Gasteiger partial charge in [0.15, 0.2) is 12.6 Å². The summed E-state index contributed by atoms with van der Waals surface area (Å²) in [7, 11) is 1.59. The predicted octanol–water partition coefficient (Wildman–Crippen LogP) is 1.52. The minimum absolute atomic E-state index is 0.258. The molecule has 0 aromatic rings. The average Bonchev–Trinajstić information content (AvgIpc) is 2.53. The van der Waals surface area contributed by atoms with E-state index < -0.39 is 0 Å². The third-order valence-corrected chi connectivity index (χ3v) is 1.75. The van der Waals surface area contributed by atoms with Gasteiger partial charge in [-0.25, -0.2) is 0 Å². The molecule has 0 spiro atoms.